The standard InChI is InChI=1S/C16H16N2O2/c19-16(20-11-12-6-2-1-3-7-12)18-15-10-17-14-9-5-4-8-13(14)15/h1-9,15,17H,10-11H2,(H,18,19)/t15-/m0/s1. The first-order chi connectivity index (χ1) is 9.83. The number of ether oxygens (including phenoxy) is 1. The Morgan fingerprint density at radius 1 is 1.15 bits per heavy atom. The van der Waals surface area contributed by atoms with Crippen molar-refractivity contribution >= 4 is 11.8 Å². The summed E-state index contributed by atoms with van der Waals surface area (Å²) in [5.41, 5.74) is 3.15. The SMILES string of the molecule is O=C(N[C@H]1CNc2ccccc21)OCc1ccccc1. The first-order valence-corrected chi connectivity index (χ1v) is 6.63. The van der Waals surface area contributed by atoms with Crippen molar-refractivity contribution in [3.8, 4) is 0 Å². The maximum absolute atomic E-state index is 11.8. The minimum absolute atomic E-state index is 0.0329. The van der Waals surface area contributed by atoms with Gasteiger partial charge in [0, 0.05) is 12.2 Å². The van der Waals surface area contributed by atoms with Crippen LogP contribution in [0.1, 0.15) is 17.2 Å². The van der Waals surface area contributed by atoms with Crippen molar-refractivity contribution in [1.29, 1.82) is 0 Å². The Morgan fingerprint density at radius 2 is 1.90 bits per heavy atom. The molecule has 1 amide bonds. The number of para-hydroxylation sites is 1. The lowest BCUT2D eigenvalue weighted by molar-refractivity contribution is 0.136. The average Bonchev–Trinajstić information content (AvgIpc) is 2.90. The average molecular weight is 268 g/mol. The molecule has 2 aromatic rings. The Hall–Kier alpha value is -2.49. The monoisotopic (exact) mass is 268 g/mol. The molecule has 1 aliphatic rings. The third-order valence-corrected chi connectivity index (χ3v) is 3.34. The highest BCUT2D eigenvalue weighted by molar-refractivity contribution is 5.70. The Kier molecular flexibility index (Phi) is 3.54. The van der Waals surface area contributed by atoms with Crippen molar-refractivity contribution in [2.24, 2.45) is 0 Å². The van der Waals surface area contributed by atoms with Crippen molar-refractivity contribution in [1.82, 2.24) is 5.32 Å². The zero-order valence-corrected chi connectivity index (χ0v) is 11.0. The van der Waals surface area contributed by atoms with Crippen LogP contribution in [-0.4, -0.2) is 12.6 Å². The number of hydrogen-bond donors (Lipinski definition) is 2. The van der Waals surface area contributed by atoms with Gasteiger partial charge in [0.1, 0.15) is 6.61 Å². The molecule has 0 aliphatic carbocycles. The third-order valence-electron chi connectivity index (χ3n) is 3.34. The van der Waals surface area contributed by atoms with Crippen LogP contribution in [0.4, 0.5) is 10.5 Å². The number of carbonyl (C=O) groups is 1. The molecule has 0 fully saturated rings. The van der Waals surface area contributed by atoms with Crippen LogP contribution in [0.3, 0.4) is 0 Å². The number of hydrogen-bond acceptors (Lipinski definition) is 3. The van der Waals surface area contributed by atoms with Gasteiger partial charge in [0.15, 0.2) is 0 Å². The summed E-state index contributed by atoms with van der Waals surface area (Å²) in [5.74, 6) is 0. The van der Waals surface area contributed by atoms with Gasteiger partial charge in [-0.05, 0) is 17.2 Å². The fourth-order valence-corrected chi connectivity index (χ4v) is 2.32. The van der Waals surface area contributed by atoms with E-state index in [1.54, 1.807) is 0 Å². The summed E-state index contributed by atoms with van der Waals surface area (Å²) in [4.78, 5) is 11.8. The molecular weight excluding hydrogens is 252 g/mol. The molecule has 4 heteroatoms. The predicted octanol–water partition coefficient (Wildman–Crippen LogP) is 3.08. The number of benzene rings is 2. The van der Waals surface area contributed by atoms with Gasteiger partial charge in [-0.3, -0.25) is 0 Å². The molecule has 0 saturated carbocycles. The lowest BCUT2D eigenvalue weighted by atomic mass is 10.1. The molecule has 20 heavy (non-hydrogen) atoms. The van der Waals surface area contributed by atoms with E-state index in [1.807, 2.05) is 54.6 Å². The molecule has 0 saturated heterocycles. The highest BCUT2D eigenvalue weighted by Crippen LogP contribution is 2.28. The van der Waals surface area contributed by atoms with Gasteiger partial charge in [-0.1, -0.05) is 48.5 Å². The largest absolute Gasteiger partial charge is 0.445 e. The number of nitrogens with one attached hydrogen (secondary N) is 2. The minimum atomic E-state index is -0.391. The summed E-state index contributed by atoms with van der Waals surface area (Å²) < 4.78 is 5.23. The van der Waals surface area contributed by atoms with Crippen molar-refractivity contribution in [3.05, 3.63) is 65.7 Å². The Morgan fingerprint density at radius 3 is 2.75 bits per heavy atom. The second-order valence-electron chi connectivity index (χ2n) is 4.73. The van der Waals surface area contributed by atoms with Gasteiger partial charge in [-0.25, -0.2) is 4.79 Å². The Balaban J connectivity index is 1.55. The number of alkyl carbamates (subject to hydrolysis) is 1. The second-order valence-corrected chi connectivity index (χ2v) is 4.73. The fraction of sp³-hybridized carbons (Fsp3) is 0.188. The summed E-state index contributed by atoms with van der Waals surface area (Å²) in [7, 11) is 0. The number of rotatable bonds is 3. The van der Waals surface area contributed by atoms with E-state index in [0.29, 0.717) is 6.54 Å². The van der Waals surface area contributed by atoms with Crippen molar-refractivity contribution in [2.45, 2.75) is 12.6 Å². The van der Waals surface area contributed by atoms with Gasteiger partial charge < -0.3 is 15.4 Å². The molecule has 4 nitrogen and oxygen atoms in total. The molecule has 2 aromatic carbocycles. The number of fused-ring (bicyclic) bond motifs is 1. The summed E-state index contributed by atoms with van der Waals surface area (Å²) in [5, 5.41) is 6.14. The Labute approximate surface area is 117 Å². The van der Waals surface area contributed by atoms with Gasteiger partial charge in [-0.2, -0.15) is 0 Å². The zero-order chi connectivity index (χ0) is 13.8. The Bertz CT molecular complexity index is 598. The predicted molar refractivity (Wildman–Crippen MR) is 77.4 cm³/mol. The summed E-state index contributed by atoms with van der Waals surface area (Å²) in [6.45, 7) is 0.980. The van der Waals surface area contributed by atoms with E-state index >= 15 is 0 Å². The fourth-order valence-electron chi connectivity index (χ4n) is 2.32. The maximum Gasteiger partial charge on any atom is 0.408 e. The molecule has 0 spiro atoms. The summed E-state index contributed by atoms with van der Waals surface area (Å²) in [6, 6.07) is 17.6. The van der Waals surface area contributed by atoms with Gasteiger partial charge in [0.05, 0.1) is 6.04 Å². The second kappa shape index (κ2) is 5.65. The maximum atomic E-state index is 11.8. The molecule has 0 unspecified atom stereocenters. The van der Waals surface area contributed by atoms with E-state index in [9.17, 15) is 4.79 Å². The van der Waals surface area contributed by atoms with Gasteiger partial charge in [0.25, 0.3) is 0 Å². The van der Waals surface area contributed by atoms with Crippen LogP contribution < -0.4 is 10.6 Å². The van der Waals surface area contributed by atoms with Crippen LogP contribution in [0, 0.1) is 0 Å². The van der Waals surface area contributed by atoms with Crippen molar-refractivity contribution in [2.75, 3.05) is 11.9 Å². The molecule has 102 valence electrons. The highest BCUT2D eigenvalue weighted by atomic mass is 16.5. The molecule has 1 heterocycles. The molecule has 1 atom stereocenters. The minimum Gasteiger partial charge on any atom is -0.445 e. The quantitative estimate of drug-likeness (QED) is 0.899. The molecule has 3 rings (SSSR count). The molecule has 2 N–H and O–H groups in total. The number of carbonyl (C=O) groups excluding carboxylic acids is 1. The highest BCUT2D eigenvalue weighted by Gasteiger charge is 2.23. The smallest absolute Gasteiger partial charge is 0.408 e. The van der Waals surface area contributed by atoms with E-state index in [4.69, 9.17) is 4.74 Å². The van der Waals surface area contributed by atoms with Crippen LogP contribution in [0.2, 0.25) is 0 Å². The zero-order valence-electron chi connectivity index (χ0n) is 11.0. The van der Waals surface area contributed by atoms with Gasteiger partial charge in [0.2, 0.25) is 0 Å². The van der Waals surface area contributed by atoms with E-state index in [0.717, 1.165) is 16.8 Å². The van der Waals surface area contributed by atoms with E-state index in [2.05, 4.69) is 10.6 Å². The molecular formula is C16H16N2O2. The van der Waals surface area contributed by atoms with Gasteiger partial charge >= 0.3 is 6.09 Å². The summed E-state index contributed by atoms with van der Waals surface area (Å²) in [6.07, 6.45) is -0.391. The lowest BCUT2D eigenvalue weighted by Gasteiger charge is -2.13. The van der Waals surface area contributed by atoms with Crippen LogP contribution in [-0.2, 0) is 11.3 Å². The number of amides is 1. The third kappa shape index (κ3) is 2.74. The van der Waals surface area contributed by atoms with Crippen LogP contribution in [0.5, 0.6) is 0 Å². The van der Waals surface area contributed by atoms with Crippen LogP contribution in [0.15, 0.2) is 54.6 Å². The number of anilines is 1. The molecule has 1 aliphatic heterocycles. The summed E-state index contributed by atoms with van der Waals surface area (Å²) >= 11 is 0. The molecule has 0 bridgehead atoms. The molecule has 0 radical (unpaired) electrons. The van der Waals surface area contributed by atoms with Crippen LogP contribution in [0.25, 0.3) is 0 Å². The first kappa shape index (κ1) is 12.5. The van der Waals surface area contributed by atoms with E-state index in [-0.39, 0.29) is 12.6 Å². The van der Waals surface area contributed by atoms with Gasteiger partial charge in [-0.15, -0.1) is 0 Å². The van der Waals surface area contributed by atoms with E-state index in [1.165, 1.54) is 0 Å². The molecule has 0 aromatic heterocycles. The lowest BCUT2D eigenvalue weighted by Crippen LogP contribution is -2.30. The van der Waals surface area contributed by atoms with E-state index < -0.39 is 6.09 Å². The van der Waals surface area contributed by atoms with Crippen LogP contribution >= 0.6 is 0 Å². The first-order valence-electron chi connectivity index (χ1n) is 6.63. The van der Waals surface area contributed by atoms with Crippen molar-refractivity contribution < 1.29 is 9.53 Å². The normalized spacial score (nSPS) is 16.1. The topological polar surface area (TPSA) is 50.4 Å². The van der Waals surface area contributed by atoms with Crippen molar-refractivity contribution in [3.63, 3.8) is 0 Å².